The summed E-state index contributed by atoms with van der Waals surface area (Å²) < 4.78 is 5.49. The van der Waals surface area contributed by atoms with Crippen molar-refractivity contribution in [3.8, 4) is 11.8 Å². The number of piperidine rings is 1. The van der Waals surface area contributed by atoms with Gasteiger partial charge in [-0.1, -0.05) is 30.3 Å². The van der Waals surface area contributed by atoms with E-state index in [-0.39, 0.29) is 24.2 Å². The van der Waals surface area contributed by atoms with Crippen molar-refractivity contribution in [1.29, 1.82) is 5.26 Å². The number of rotatable bonds is 9. The third-order valence-corrected chi connectivity index (χ3v) is 5.84. The highest BCUT2D eigenvalue weighted by Crippen LogP contribution is 2.26. The first-order chi connectivity index (χ1) is 15.6. The molecule has 168 valence electrons. The Bertz CT molecular complexity index is 914. The largest absolute Gasteiger partial charge is 0.494 e. The van der Waals surface area contributed by atoms with Crippen LogP contribution in [0.5, 0.6) is 5.75 Å². The lowest BCUT2D eigenvalue weighted by Crippen LogP contribution is -2.45. The molecule has 2 aromatic rings. The standard InChI is InChI=1S/C26H31N3O3/c1-2-32-24-12-10-23(11-13-24)29(18-6-17-27)26(31)22-15-19-28(20-16-22)25(30)14-9-21-7-4-3-5-8-21/h3-5,7-8,10-13,22H,2,6,9,14-16,18-20H2,1H3. The number of amides is 2. The summed E-state index contributed by atoms with van der Waals surface area (Å²) in [4.78, 5) is 29.5. The zero-order chi connectivity index (χ0) is 22.8. The van der Waals surface area contributed by atoms with Crippen molar-refractivity contribution in [2.75, 3.05) is 31.1 Å². The van der Waals surface area contributed by atoms with E-state index in [0.29, 0.717) is 45.5 Å². The number of carbonyl (C=O) groups is 2. The van der Waals surface area contributed by atoms with Crippen LogP contribution in [0.3, 0.4) is 0 Å². The molecule has 0 N–H and O–H groups in total. The molecule has 0 radical (unpaired) electrons. The van der Waals surface area contributed by atoms with E-state index in [1.807, 2.05) is 66.4 Å². The fourth-order valence-electron chi connectivity index (χ4n) is 4.07. The minimum absolute atomic E-state index is 0.0285. The van der Waals surface area contributed by atoms with Crippen LogP contribution >= 0.6 is 0 Å². The quantitative estimate of drug-likeness (QED) is 0.594. The summed E-state index contributed by atoms with van der Waals surface area (Å²) in [7, 11) is 0. The molecular weight excluding hydrogens is 402 g/mol. The van der Waals surface area contributed by atoms with Crippen molar-refractivity contribution in [1.82, 2.24) is 4.90 Å². The number of anilines is 1. The summed E-state index contributed by atoms with van der Waals surface area (Å²) in [6, 6.07) is 19.6. The molecule has 0 aliphatic carbocycles. The summed E-state index contributed by atoms with van der Waals surface area (Å²) in [6.45, 7) is 4.06. The maximum atomic E-state index is 13.3. The molecule has 0 atom stereocenters. The van der Waals surface area contributed by atoms with Gasteiger partial charge in [0.05, 0.1) is 19.1 Å². The molecule has 1 aliphatic rings. The van der Waals surface area contributed by atoms with Gasteiger partial charge in [0, 0.05) is 37.7 Å². The van der Waals surface area contributed by atoms with Gasteiger partial charge in [-0.25, -0.2) is 0 Å². The summed E-state index contributed by atoms with van der Waals surface area (Å²) >= 11 is 0. The molecule has 3 rings (SSSR count). The maximum absolute atomic E-state index is 13.3. The zero-order valence-corrected chi connectivity index (χ0v) is 18.7. The highest BCUT2D eigenvalue weighted by Gasteiger charge is 2.30. The lowest BCUT2D eigenvalue weighted by atomic mass is 9.94. The van der Waals surface area contributed by atoms with Gasteiger partial charge in [-0.2, -0.15) is 5.26 Å². The summed E-state index contributed by atoms with van der Waals surface area (Å²) in [5.74, 6) is 0.790. The molecule has 32 heavy (non-hydrogen) atoms. The second-order valence-electron chi connectivity index (χ2n) is 7.97. The summed E-state index contributed by atoms with van der Waals surface area (Å²) in [5, 5.41) is 9.04. The first-order valence-electron chi connectivity index (χ1n) is 11.3. The fourth-order valence-corrected chi connectivity index (χ4v) is 4.07. The first-order valence-corrected chi connectivity index (χ1v) is 11.3. The monoisotopic (exact) mass is 433 g/mol. The number of nitriles is 1. The number of hydrogen-bond acceptors (Lipinski definition) is 4. The molecule has 2 amide bonds. The van der Waals surface area contributed by atoms with Gasteiger partial charge in [0.2, 0.25) is 11.8 Å². The van der Waals surface area contributed by atoms with Crippen LogP contribution in [0.25, 0.3) is 0 Å². The van der Waals surface area contributed by atoms with Gasteiger partial charge in [0.25, 0.3) is 0 Å². The third kappa shape index (κ3) is 6.34. The highest BCUT2D eigenvalue weighted by atomic mass is 16.5. The van der Waals surface area contributed by atoms with Crippen molar-refractivity contribution in [2.45, 2.75) is 39.0 Å². The summed E-state index contributed by atoms with van der Waals surface area (Å²) in [5.41, 5.74) is 1.93. The van der Waals surface area contributed by atoms with Crippen molar-refractivity contribution in [2.24, 2.45) is 5.92 Å². The van der Waals surface area contributed by atoms with Gasteiger partial charge >= 0.3 is 0 Å². The molecule has 0 saturated carbocycles. The Balaban J connectivity index is 1.56. The average molecular weight is 434 g/mol. The van der Waals surface area contributed by atoms with Crippen LogP contribution in [-0.2, 0) is 16.0 Å². The SMILES string of the molecule is CCOc1ccc(N(CCC#N)C(=O)C2CCN(C(=O)CCc3ccccc3)CC2)cc1. The van der Waals surface area contributed by atoms with E-state index in [4.69, 9.17) is 10.00 Å². The molecule has 2 aromatic carbocycles. The Hall–Kier alpha value is -3.33. The number of nitrogens with zero attached hydrogens (tertiary/aromatic N) is 3. The molecule has 0 bridgehead atoms. The molecule has 6 heteroatoms. The third-order valence-electron chi connectivity index (χ3n) is 5.84. The van der Waals surface area contributed by atoms with Gasteiger partial charge in [-0.05, 0) is 56.0 Å². The number of likely N-dealkylation sites (tertiary alicyclic amines) is 1. The first kappa shape index (κ1) is 23.3. The fraction of sp³-hybridized carbons (Fsp3) is 0.423. The Labute approximate surface area is 190 Å². The van der Waals surface area contributed by atoms with E-state index < -0.39 is 0 Å². The number of ether oxygens (including phenoxy) is 1. The Morgan fingerprint density at radius 3 is 2.41 bits per heavy atom. The Morgan fingerprint density at radius 2 is 1.78 bits per heavy atom. The van der Waals surface area contributed by atoms with Crippen LogP contribution < -0.4 is 9.64 Å². The Morgan fingerprint density at radius 1 is 1.09 bits per heavy atom. The van der Waals surface area contributed by atoms with Gasteiger partial charge in [-0.3, -0.25) is 9.59 Å². The molecule has 1 aliphatic heterocycles. The molecule has 1 heterocycles. The molecule has 0 aromatic heterocycles. The van der Waals surface area contributed by atoms with Crippen molar-refractivity contribution >= 4 is 17.5 Å². The molecular formula is C26H31N3O3. The second-order valence-corrected chi connectivity index (χ2v) is 7.97. The van der Waals surface area contributed by atoms with E-state index in [1.54, 1.807) is 4.90 Å². The van der Waals surface area contributed by atoms with Crippen molar-refractivity contribution in [3.63, 3.8) is 0 Å². The van der Waals surface area contributed by atoms with E-state index >= 15 is 0 Å². The highest BCUT2D eigenvalue weighted by molar-refractivity contribution is 5.95. The van der Waals surface area contributed by atoms with E-state index in [9.17, 15) is 9.59 Å². The predicted octanol–water partition coefficient (Wildman–Crippen LogP) is 4.20. The number of carbonyl (C=O) groups excluding carboxylic acids is 2. The summed E-state index contributed by atoms with van der Waals surface area (Å²) in [6.07, 6.45) is 2.79. The van der Waals surface area contributed by atoms with Crippen LogP contribution in [-0.4, -0.2) is 43.0 Å². The average Bonchev–Trinajstić information content (AvgIpc) is 2.84. The van der Waals surface area contributed by atoms with E-state index in [2.05, 4.69) is 6.07 Å². The normalized spacial score (nSPS) is 13.9. The number of hydrogen-bond donors (Lipinski definition) is 0. The van der Waals surface area contributed by atoms with Crippen LogP contribution in [0.2, 0.25) is 0 Å². The van der Waals surface area contributed by atoms with Gasteiger partial charge in [0.15, 0.2) is 0 Å². The molecule has 1 fully saturated rings. The van der Waals surface area contributed by atoms with Crippen LogP contribution in [0, 0.1) is 17.2 Å². The minimum atomic E-state index is -0.140. The van der Waals surface area contributed by atoms with Crippen molar-refractivity contribution in [3.05, 3.63) is 60.2 Å². The topological polar surface area (TPSA) is 73.6 Å². The molecule has 1 saturated heterocycles. The smallest absolute Gasteiger partial charge is 0.230 e. The predicted molar refractivity (Wildman–Crippen MR) is 124 cm³/mol. The molecule has 0 unspecified atom stereocenters. The van der Waals surface area contributed by atoms with Gasteiger partial charge in [-0.15, -0.1) is 0 Å². The minimum Gasteiger partial charge on any atom is -0.494 e. The van der Waals surface area contributed by atoms with Crippen LogP contribution in [0.4, 0.5) is 5.69 Å². The zero-order valence-electron chi connectivity index (χ0n) is 18.7. The van der Waals surface area contributed by atoms with E-state index in [1.165, 1.54) is 0 Å². The van der Waals surface area contributed by atoms with Gasteiger partial charge in [0.1, 0.15) is 5.75 Å². The molecule has 6 nitrogen and oxygen atoms in total. The van der Waals surface area contributed by atoms with Crippen LogP contribution in [0.15, 0.2) is 54.6 Å². The maximum Gasteiger partial charge on any atom is 0.230 e. The Kier molecular flexibility index (Phi) is 8.68. The lowest BCUT2D eigenvalue weighted by molar-refractivity contribution is -0.134. The van der Waals surface area contributed by atoms with Crippen molar-refractivity contribution < 1.29 is 14.3 Å². The van der Waals surface area contributed by atoms with Gasteiger partial charge < -0.3 is 14.5 Å². The van der Waals surface area contributed by atoms with E-state index in [0.717, 1.165) is 23.4 Å². The van der Waals surface area contributed by atoms with Crippen LogP contribution in [0.1, 0.15) is 38.2 Å². The molecule has 0 spiro atoms. The number of benzene rings is 2. The second kappa shape index (κ2) is 11.9. The lowest BCUT2D eigenvalue weighted by Gasteiger charge is -2.34. The number of aryl methyl sites for hydroxylation is 1.